The second kappa shape index (κ2) is 5.24. The van der Waals surface area contributed by atoms with Gasteiger partial charge in [-0.1, -0.05) is 18.2 Å². The van der Waals surface area contributed by atoms with Gasteiger partial charge in [0.1, 0.15) is 17.7 Å². The molecule has 2 heterocycles. The molecule has 1 fully saturated rings. The number of nitrogen functional groups attached to an aromatic ring is 1. The number of nitrogens with two attached hydrogens (primary N) is 1. The molecule has 0 unspecified atom stereocenters. The van der Waals surface area contributed by atoms with E-state index in [2.05, 4.69) is 46.9 Å². The Morgan fingerprint density at radius 1 is 1.14 bits per heavy atom. The number of hydrogen-bond acceptors (Lipinski definition) is 5. The minimum absolute atomic E-state index is 0.195. The van der Waals surface area contributed by atoms with E-state index in [1.807, 2.05) is 6.92 Å². The molecule has 1 aromatic carbocycles. The van der Waals surface area contributed by atoms with E-state index < -0.39 is 0 Å². The van der Waals surface area contributed by atoms with E-state index in [-0.39, 0.29) is 6.10 Å². The van der Waals surface area contributed by atoms with Crippen molar-refractivity contribution in [3.05, 3.63) is 41.1 Å². The molecule has 0 saturated carbocycles. The fraction of sp³-hybridized carbons (Fsp3) is 0.375. The lowest BCUT2D eigenvalue weighted by Gasteiger charge is -2.40. The predicted octanol–water partition coefficient (Wildman–Crippen LogP) is 2.25. The highest BCUT2D eigenvalue weighted by atomic mass is 16.5. The Balaban J connectivity index is 1.67. The molecule has 1 aliphatic heterocycles. The molecule has 0 radical (unpaired) electrons. The Bertz CT molecular complexity index is 645. The quantitative estimate of drug-likeness (QED) is 0.936. The van der Waals surface area contributed by atoms with Gasteiger partial charge in [-0.2, -0.15) is 4.98 Å². The van der Waals surface area contributed by atoms with Crippen molar-refractivity contribution in [3.8, 4) is 5.75 Å². The average molecular weight is 284 g/mol. The summed E-state index contributed by atoms with van der Waals surface area (Å²) in [5.41, 5.74) is 9.05. The van der Waals surface area contributed by atoms with E-state index in [0.717, 1.165) is 30.2 Å². The van der Waals surface area contributed by atoms with Crippen molar-refractivity contribution < 1.29 is 4.74 Å². The Morgan fingerprint density at radius 2 is 1.81 bits per heavy atom. The summed E-state index contributed by atoms with van der Waals surface area (Å²) >= 11 is 0. The van der Waals surface area contributed by atoms with Crippen LogP contribution in [0, 0.1) is 20.8 Å². The molecule has 2 N–H and O–H groups in total. The summed E-state index contributed by atoms with van der Waals surface area (Å²) in [6, 6.07) is 6.21. The fourth-order valence-corrected chi connectivity index (χ4v) is 2.60. The van der Waals surface area contributed by atoms with E-state index in [9.17, 15) is 0 Å². The van der Waals surface area contributed by atoms with Crippen molar-refractivity contribution in [3.63, 3.8) is 0 Å². The lowest BCUT2D eigenvalue weighted by molar-refractivity contribution is 0.164. The van der Waals surface area contributed by atoms with Crippen LogP contribution in [0.5, 0.6) is 5.75 Å². The summed E-state index contributed by atoms with van der Waals surface area (Å²) in [5, 5.41) is 0. The molecule has 0 spiro atoms. The molecular formula is C16H20N4O. The first-order valence-electron chi connectivity index (χ1n) is 7.11. The first-order valence-corrected chi connectivity index (χ1v) is 7.11. The van der Waals surface area contributed by atoms with Gasteiger partial charge in [0.15, 0.2) is 0 Å². The van der Waals surface area contributed by atoms with Crippen molar-refractivity contribution >= 4 is 11.8 Å². The molecule has 0 bridgehead atoms. The van der Waals surface area contributed by atoms with Crippen LogP contribution in [-0.2, 0) is 0 Å². The Kier molecular flexibility index (Phi) is 3.41. The van der Waals surface area contributed by atoms with Crippen LogP contribution in [0.2, 0.25) is 0 Å². The van der Waals surface area contributed by atoms with E-state index in [1.54, 1.807) is 6.20 Å². The Labute approximate surface area is 124 Å². The summed E-state index contributed by atoms with van der Waals surface area (Å²) in [6.07, 6.45) is 1.96. The maximum Gasteiger partial charge on any atom is 0.221 e. The van der Waals surface area contributed by atoms with E-state index in [1.165, 1.54) is 11.1 Å². The summed E-state index contributed by atoms with van der Waals surface area (Å²) in [7, 11) is 0. The molecule has 5 nitrogen and oxygen atoms in total. The van der Waals surface area contributed by atoms with Crippen molar-refractivity contribution in [2.75, 3.05) is 23.7 Å². The highest BCUT2D eigenvalue weighted by molar-refractivity contribution is 5.51. The summed E-state index contributed by atoms with van der Waals surface area (Å²) in [6.45, 7) is 7.80. The lowest BCUT2D eigenvalue weighted by Crippen LogP contribution is -2.54. The standard InChI is InChI=1S/C16H20N4O/c1-10-5-4-6-11(2)14(10)21-13-8-20(9-13)15-12(3)7-18-16(17)19-15/h4-7,13H,8-9H2,1-3H3,(H2,17,18,19). The number of hydrogen-bond donors (Lipinski definition) is 1. The molecular weight excluding hydrogens is 264 g/mol. The zero-order valence-electron chi connectivity index (χ0n) is 12.6. The van der Waals surface area contributed by atoms with Crippen molar-refractivity contribution in [1.82, 2.24) is 9.97 Å². The molecule has 1 aromatic heterocycles. The topological polar surface area (TPSA) is 64.3 Å². The molecule has 0 aliphatic carbocycles. The molecule has 1 saturated heterocycles. The van der Waals surface area contributed by atoms with Crippen LogP contribution in [0.1, 0.15) is 16.7 Å². The number of nitrogens with zero attached hydrogens (tertiary/aromatic N) is 3. The molecule has 2 aromatic rings. The smallest absolute Gasteiger partial charge is 0.221 e. The van der Waals surface area contributed by atoms with Crippen LogP contribution in [0.15, 0.2) is 24.4 Å². The highest BCUT2D eigenvalue weighted by Crippen LogP contribution is 2.28. The van der Waals surface area contributed by atoms with Gasteiger partial charge in [0.05, 0.1) is 13.1 Å². The molecule has 110 valence electrons. The lowest BCUT2D eigenvalue weighted by atomic mass is 10.1. The number of aryl methyl sites for hydroxylation is 3. The van der Waals surface area contributed by atoms with Gasteiger partial charge >= 0.3 is 0 Å². The summed E-state index contributed by atoms with van der Waals surface area (Å²) < 4.78 is 6.12. The average Bonchev–Trinajstić information content (AvgIpc) is 2.39. The van der Waals surface area contributed by atoms with Crippen LogP contribution in [-0.4, -0.2) is 29.2 Å². The van der Waals surface area contributed by atoms with Gasteiger partial charge in [-0.05, 0) is 31.9 Å². The Morgan fingerprint density at radius 3 is 2.48 bits per heavy atom. The molecule has 5 heteroatoms. The second-order valence-corrected chi connectivity index (χ2v) is 5.60. The molecule has 3 rings (SSSR count). The maximum atomic E-state index is 6.12. The van der Waals surface area contributed by atoms with Gasteiger partial charge in [-0.3, -0.25) is 0 Å². The minimum Gasteiger partial charge on any atom is -0.486 e. The van der Waals surface area contributed by atoms with Gasteiger partial charge in [0.2, 0.25) is 5.95 Å². The molecule has 0 atom stereocenters. The fourth-order valence-electron chi connectivity index (χ4n) is 2.60. The normalized spacial score (nSPS) is 14.9. The summed E-state index contributed by atoms with van der Waals surface area (Å²) in [5.74, 6) is 2.22. The monoisotopic (exact) mass is 284 g/mol. The largest absolute Gasteiger partial charge is 0.486 e. The summed E-state index contributed by atoms with van der Waals surface area (Å²) in [4.78, 5) is 10.5. The van der Waals surface area contributed by atoms with E-state index >= 15 is 0 Å². The third-order valence-corrected chi connectivity index (χ3v) is 3.80. The van der Waals surface area contributed by atoms with Crippen LogP contribution in [0.3, 0.4) is 0 Å². The van der Waals surface area contributed by atoms with Crippen LogP contribution >= 0.6 is 0 Å². The zero-order valence-corrected chi connectivity index (χ0v) is 12.6. The zero-order chi connectivity index (χ0) is 15.0. The number of aromatic nitrogens is 2. The second-order valence-electron chi connectivity index (χ2n) is 5.60. The number of para-hydroxylation sites is 1. The minimum atomic E-state index is 0.195. The first-order chi connectivity index (χ1) is 10.0. The van der Waals surface area contributed by atoms with Crippen LogP contribution in [0.25, 0.3) is 0 Å². The highest BCUT2D eigenvalue weighted by Gasteiger charge is 2.31. The maximum absolute atomic E-state index is 6.12. The van der Waals surface area contributed by atoms with E-state index in [0.29, 0.717) is 5.95 Å². The Hall–Kier alpha value is -2.30. The SMILES string of the molecule is Cc1cnc(N)nc1N1CC(Oc2c(C)cccc2C)C1. The number of rotatable bonds is 3. The van der Waals surface area contributed by atoms with E-state index in [4.69, 9.17) is 10.5 Å². The van der Waals surface area contributed by atoms with Crippen LogP contribution in [0.4, 0.5) is 11.8 Å². The third-order valence-electron chi connectivity index (χ3n) is 3.80. The van der Waals surface area contributed by atoms with Gasteiger partial charge < -0.3 is 15.4 Å². The molecule has 1 aliphatic rings. The van der Waals surface area contributed by atoms with Crippen molar-refractivity contribution in [2.24, 2.45) is 0 Å². The number of ether oxygens (including phenoxy) is 1. The van der Waals surface area contributed by atoms with Gasteiger partial charge in [0.25, 0.3) is 0 Å². The van der Waals surface area contributed by atoms with Gasteiger partial charge in [-0.25, -0.2) is 4.98 Å². The van der Waals surface area contributed by atoms with Gasteiger partial charge in [0, 0.05) is 11.8 Å². The molecule has 0 amide bonds. The van der Waals surface area contributed by atoms with Crippen molar-refractivity contribution in [1.29, 1.82) is 0 Å². The number of anilines is 2. The molecule has 21 heavy (non-hydrogen) atoms. The van der Waals surface area contributed by atoms with Gasteiger partial charge in [-0.15, -0.1) is 0 Å². The van der Waals surface area contributed by atoms with Crippen molar-refractivity contribution in [2.45, 2.75) is 26.9 Å². The predicted molar refractivity (Wildman–Crippen MR) is 83.7 cm³/mol. The third kappa shape index (κ3) is 2.63. The first kappa shape index (κ1) is 13.7. The number of benzene rings is 1. The van der Waals surface area contributed by atoms with Crippen LogP contribution < -0.4 is 15.4 Å².